The van der Waals surface area contributed by atoms with Crippen molar-refractivity contribution in [1.29, 1.82) is 0 Å². The lowest BCUT2D eigenvalue weighted by molar-refractivity contribution is 0.112. The first-order chi connectivity index (χ1) is 4.84. The van der Waals surface area contributed by atoms with Gasteiger partial charge >= 0.3 is 0 Å². The first-order valence-corrected chi connectivity index (χ1v) is 3.80. The minimum atomic E-state index is 0.212. The van der Waals surface area contributed by atoms with Gasteiger partial charge in [0.25, 0.3) is 0 Å². The Labute approximate surface area is 61.4 Å². The Morgan fingerprint density at radius 3 is 3.00 bits per heavy atom. The van der Waals surface area contributed by atoms with Gasteiger partial charge in [-0.3, -0.25) is 0 Å². The Bertz CT molecular complexity index is 97.6. The SMILES string of the molecule is C[C@@H]1OCC[C@@H]1NCCO. The summed E-state index contributed by atoms with van der Waals surface area (Å²) in [6.07, 6.45) is 1.38. The van der Waals surface area contributed by atoms with Crippen molar-refractivity contribution in [3.63, 3.8) is 0 Å². The zero-order valence-electron chi connectivity index (χ0n) is 6.34. The zero-order valence-corrected chi connectivity index (χ0v) is 6.34. The molecule has 60 valence electrons. The van der Waals surface area contributed by atoms with Gasteiger partial charge in [-0.15, -0.1) is 0 Å². The Kier molecular flexibility index (Phi) is 3.12. The molecule has 0 saturated carbocycles. The minimum Gasteiger partial charge on any atom is -0.395 e. The molecule has 0 unspecified atom stereocenters. The van der Waals surface area contributed by atoms with Crippen molar-refractivity contribution >= 4 is 0 Å². The van der Waals surface area contributed by atoms with Crippen LogP contribution in [0.2, 0.25) is 0 Å². The lowest BCUT2D eigenvalue weighted by Gasteiger charge is -2.14. The third-order valence-electron chi connectivity index (χ3n) is 1.89. The van der Waals surface area contributed by atoms with E-state index in [0.717, 1.165) is 13.0 Å². The monoisotopic (exact) mass is 145 g/mol. The second-order valence-corrected chi connectivity index (χ2v) is 2.65. The predicted molar refractivity (Wildman–Crippen MR) is 38.9 cm³/mol. The summed E-state index contributed by atoms with van der Waals surface area (Å²) in [4.78, 5) is 0. The zero-order chi connectivity index (χ0) is 7.40. The van der Waals surface area contributed by atoms with Crippen molar-refractivity contribution in [2.24, 2.45) is 0 Å². The van der Waals surface area contributed by atoms with E-state index >= 15 is 0 Å². The molecule has 1 heterocycles. The highest BCUT2D eigenvalue weighted by molar-refractivity contribution is 4.78. The van der Waals surface area contributed by atoms with Crippen LogP contribution in [-0.4, -0.2) is 37.0 Å². The molecule has 3 heteroatoms. The highest BCUT2D eigenvalue weighted by Crippen LogP contribution is 2.11. The smallest absolute Gasteiger partial charge is 0.0700 e. The molecule has 2 atom stereocenters. The average molecular weight is 145 g/mol. The van der Waals surface area contributed by atoms with Crippen molar-refractivity contribution in [1.82, 2.24) is 5.32 Å². The minimum absolute atomic E-state index is 0.212. The van der Waals surface area contributed by atoms with Crippen molar-refractivity contribution < 1.29 is 9.84 Å². The van der Waals surface area contributed by atoms with Crippen molar-refractivity contribution in [3.05, 3.63) is 0 Å². The van der Waals surface area contributed by atoms with Crippen LogP contribution in [0.3, 0.4) is 0 Å². The Morgan fingerprint density at radius 2 is 2.50 bits per heavy atom. The molecule has 1 saturated heterocycles. The van der Waals surface area contributed by atoms with E-state index in [1.807, 2.05) is 0 Å². The molecular weight excluding hydrogens is 130 g/mol. The van der Waals surface area contributed by atoms with Gasteiger partial charge in [0.2, 0.25) is 0 Å². The summed E-state index contributed by atoms with van der Waals surface area (Å²) in [6.45, 7) is 3.80. The maximum atomic E-state index is 8.51. The van der Waals surface area contributed by atoms with Crippen molar-refractivity contribution in [2.45, 2.75) is 25.5 Å². The molecule has 2 N–H and O–H groups in total. The molecule has 0 radical (unpaired) electrons. The summed E-state index contributed by atoms with van der Waals surface area (Å²) in [5.41, 5.74) is 0. The molecule has 0 aromatic heterocycles. The van der Waals surface area contributed by atoms with Crippen LogP contribution in [-0.2, 0) is 4.74 Å². The summed E-state index contributed by atoms with van der Waals surface area (Å²) in [5.74, 6) is 0. The molecule has 0 aromatic rings. The largest absolute Gasteiger partial charge is 0.395 e. The van der Waals surface area contributed by atoms with Gasteiger partial charge in [0.1, 0.15) is 0 Å². The van der Waals surface area contributed by atoms with Gasteiger partial charge in [-0.25, -0.2) is 0 Å². The third-order valence-corrected chi connectivity index (χ3v) is 1.89. The Hall–Kier alpha value is -0.120. The van der Waals surface area contributed by atoms with Crippen LogP contribution >= 0.6 is 0 Å². The maximum absolute atomic E-state index is 8.51. The van der Waals surface area contributed by atoms with Crippen LogP contribution in [0.1, 0.15) is 13.3 Å². The fraction of sp³-hybridized carbons (Fsp3) is 1.00. The molecule has 3 nitrogen and oxygen atoms in total. The van der Waals surface area contributed by atoms with E-state index in [-0.39, 0.29) is 6.61 Å². The van der Waals surface area contributed by atoms with E-state index in [0.29, 0.717) is 18.7 Å². The second-order valence-electron chi connectivity index (χ2n) is 2.65. The standard InChI is InChI=1S/C7H15NO2/c1-6-7(2-5-10-6)8-3-4-9/h6-9H,2-5H2,1H3/t6-,7-/m0/s1. The number of aliphatic hydroxyl groups excluding tert-OH is 1. The molecular formula is C7H15NO2. The van der Waals surface area contributed by atoms with Crippen LogP contribution < -0.4 is 5.32 Å². The molecule has 1 fully saturated rings. The molecule has 0 amide bonds. The van der Waals surface area contributed by atoms with Gasteiger partial charge in [-0.05, 0) is 13.3 Å². The van der Waals surface area contributed by atoms with Gasteiger partial charge in [-0.2, -0.15) is 0 Å². The summed E-state index contributed by atoms with van der Waals surface area (Å²) in [6, 6.07) is 0.451. The van der Waals surface area contributed by atoms with E-state index in [9.17, 15) is 0 Å². The van der Waals surface area contributed by atoms with E-state index in [2.05, 4.69) is 12.2 Å². The molecule has 0 aromatic carbocycles. The van der Waals surface area contributed by atoms with E-state index < -0.39 is 0 Å². The van der Waals surface area contributed by atoms with Gasteiger partial charge in [0.05, 0.1) is 12.7 Å². The number of hydrogen-bond acceptors (Lipinski definition) is 3. The molecule has 1 aliphatic rings. The first-order valence-electron chi connectivity index (χ1n) is 3.80. The Morgan fingerprint density at radius 1 is 1.70 bits per heavy atom. The number of nitrogens with one attached hydrogen (secondary N) is 1. The lowest BCUT2D eigenvalue weighted by Crippen LogP contribution is -2.36. The van der Waals surface area contributed by atoms with Crippen molar-refractivity contribution in [3.8, 4) is 0 Å². The first kappa shape index (κ1) is 7.98. The highest BCUT2D eigenvalue weighted by Gasteiger charge is 2.22. The average Bonchev–Trinajstić information content (AvgIpc) is 2.31. The number of hydrogen-bond donors (Lipinski definition) is 2. The summed E-state index contributed by atoms with van der Waals surface area (Å²) in [7, 11) is 0. The Balaban J connectivity index is 2.14. The van der Waals surface area contributed by atoms with E-state index in [4.69, 9.17) is 9.84 Å². The summed E-state index contributed by atoms with van der Waals surface area (Å²) >= 11 is 0. The normalized spacial score (nSPS) is 33.0. The lowest BCUT2D eigenvalue weighted by atomic mass is 10.1. The molecule has 0 bridgehead atoms. The maximum Gasteiger partial charge on any atom is 0.0700 e. The number of rotatable bonds is 3. The van der Waals surface area contributed by atoms with Crippen LogP contribution in [0.15, 0.2) is 0 Å². The van der Waals surface area contributed by atoms with Crippen LogP contribution in [0.4, 0.5) is 0 Å². The summed E-state index contributed by atoms with van der Waals surface area (Å²) in [5, 5.41) is 11.7. The van der Waals surface area contributed by atoms with E-state index in [1.54, 1.807) is 0 Å². The molecule has 0 aliphatic carbocycles. The number of ether oxygens (including phenoxy) is 1. The fourth-order valence-electron chi connectivity index (χ4n) is 1.25. The van der Waals surface area contributed by atoms with Crippen LogP contribution in [0, 0.1) is 0 Å². The van der Waals surface area contributed by atoms with Gasteiger partial charge < -0.3 is 15.2 Å². The molecule has 1 rings (SSSR count). The fourth-order valence-corrected chi connectivity index (χ4v) is 1.25. The van der Waals surface area contributed by atoms with Gasteiger partial charge in [0.15, 0.2) is 0 Å². The summed E-state index contributed by atoms with van der Waals surface area (Å²) < 4.78 is 5.32. The highest BCUT2D eigenvalue weighted by atomic mass is 16.5. The second kappa shape index (κ2) is 3.91. The van der Waals surface area contributed by atoms with Crippen LogP contribution in [0.25, 0.3) is 0 Å². The predicted octanol–water partition coefficient (Wildman–Crippen LogP) is -0.254. The van der Waals surface area contributed by atoms with Crippen molar-refractivity contribution in [2.75, 3.05) is 19.8 Å². The van der Waals surface area contributed by atoms with Gasteiger partial charge in [-0.1, -0.05) is 0 Å². The van der Waals surface area contributed by atoms with E-state index in [1.165, 1.54) is 0 Å². The molecule has 10 heavy (non-hydrogen) atoms. The molecule has 1 aliphatic heterocycles. The molecule has 0 spiro atoms. The third kappa shape index (κ3) is 1.94. The quantitative estimate of drug-likeness (QED) is 0.575. The topological polar surface area (TPSA) is 41.5 Å². The van der Waals surface area contributed by atoms with Crippen LogP contribution in [0.5, 0.6) is 0 Å². The number of aliphatic hydroxyl groups is 1. The van der Waals surface area contributed by atoms with Gasteiger partial charge in [0, 0.05) is 19.2 Å².